The Morgan fingerprint density at radius 1 is 1.07 bits per heavy atom. The van der Waals surface area contributed by atoms with Gasteiger partial charge in [-0.3, -0.25) is 4.68 Å². The van der Waals surface area contributed by atoms with E-state index < -0.39 is 0 Å². The fourth-order valence-electron chi connectivity index (χ4n) is 3.00. The number of hydrogen-bond acceptors (Lipinski definition) is 2. The van der Waals surface area contributed by atoms with Crippen molar-refractivity contribution in [2.75, 3.05) is 10.6 Å². The molecule has 1 aromatic heterocycles. The molecule has 0 saturated heterocycles. The SMILES string of the molecule is Cc1cccc(NC(=S)Nc2c(C)nn(Cc3ccc(Cl)cc3Cl)c2C)c1C. The van der Waals surface area contributed by atoms with Gasteiger partial charge in [0, 0.05) is 15.7 Å². The van der Waals surface area contributed by atoms with E-state index in [0.29, 0.717) is 21.7 Å². The lowest BCUT2D eigenvalue weighted by molar-refractivity contribution is 0.659. The topological polar surface area (TPSA) is 41.9 Å². The average Bonchev–Trinajstić information content (AvgIpc) is 2.89. The summed E-state index contributed by atoms with van der Waals surface area (Å²) in [5.41, 5.74) is 7.09. The van der Waals surface area contributed by atoms with Gasteiger partial charge >= 0.3 is 0 Å². The van der Waals surface area contributed by atoms with Crippen LogP contribution in [0.3, 0.4) is 0 Å². The van der Waals surface area contributed by atoms with Crippen molar-refractivity contribution in [3.8, 4) is 0 Å². The quantitative estimate of drug-likeness (QED) is 0.475. The van der Waals surface area contributed by atoms with Crippen molar-refractivity contribution in [3.63, 3.8) is 0 Å². The number of halogens is 2. The van der Waals surface area contributed by atoms with E-state index in [9.17, 15) is 0 Å². The molecule has 2 aromatic carbocycles. The summed E-state index contributed by atoms with van der Waals surface area (Å²) in [5, 5.41) is 13.0. The maximum absolute atomic E-state index is 6.31. The van der Waals surface area contributed by atoms with Crippen LogP contribution in [0.15, 0.2) is 36.4 Å². The first-order valence-corrected chi connectivity index (χ1v) is 10.0. The largest absolute Gasteiger partial charge is 0.332 e. The van der Waals surface area contributed by atoms with Gasteiger partial charge in [0.25, 0.3) is 0 Å². The molecule has 0 aliphatic carbocycles. The highest BCUT2D eigenvalue weighted by Gasteiger charge is 2.14. The van der Waals surface area contributed by atoms with Gasteiger partial charge in [0.2, 0.25) is 0 Å². The summed E-state index contributed by atoms with van der Waals surface area (Å²) in [6.45, 7) is 8.67. The molecule has 1 heterocycles. The van der Waals surface area contributed by atoms with Gasteiger partial charge in [-0.15, -0.1) is 0 Å². The molecule has 0 fully saturated rings. The highest BCUT2D eigenvalue weighted by molar-refractivity contribution is 7.80. The van der Waals surface area contributed by atoms with Gasteiger partial charge in [-0.05, 0) is 74.8 Å². The summed E-state index contributed by atoms with van der Waals surface area (Å²) < 4.78 is 1.91. The lowest BCUT2D eigenvalue weighted by Crippen LogP contribution is -2.20. The Kier molecular flexibility index (Phi) is 6.28. The molecule has 3 rings (SSSR count). The molecule has 0 unspecified atom stereocenters. The van der Waals surface area contributed by atoms with Crippen molar-refractivity contribution in [2.45, 2.75) is 34.2 Å². The Bertz CT molecular complexity index is 1040. The third-order valence-electron chi connectivity index (χ3n) is 4.81. The molecule has 0 spiro atoms. The van der Waals surface area contributed by atoms with Crippen LogP contribution in [0.5, 0.6) is 0 Å². The average molecular weight is 433 g/mol. The van der Waals surface area contributed by atoms with Crippen LogP contribution >= 0.6 is 35.4 Å². The van der Waals surface area contributed by atoms with Crippen LogP contribution in [0.1, 0.15) is 28.1 Å². The minimum absolute atomic E-state index is 0.531. The monoisotopic (exact) mass is 432 g/mol. The van der Waals surface area contributed by atoms with Gasteiger partial charge < -0.3 is 10.6 Å². The third kappa shape index (κ3) is 4.49. The van der Waals surface area contributed by atoms with E-state index >= 15 is 0 Å². The van der Waals surface area contributed by atoms with Crippen molar-refractivity contribution >= 4 is 51.9 Å². The maximum Gasteiger partial charge on any atom is 0.175 e. The second kappa shape index (κ2) is 8.52. The first kappa shape index (κ1) is 20.6. The zero-order chi connectivity index (χ0) is 20.4. The first-order valence-electron chi connectivity index (χ1n) is 8.88. The van der Waals surface area contributed by atoms with Crippen LogP contribution < -0.4 is 10.6 Å². The minimum Gasteiger partial charge on any atom is -0.332 e. The fraction of sp³-hybridized carbons (Fsp3) is 0.238. The van der Waals surface area contributed by atoms with Crippen molar-refractivity contribution in [1.82, 2.24) is 9.78 Å². The summed E-state index contributed by atoms with van der Waals surface area (Å²) in [5.74, 6) is 0. The van der Waals surface area contributed by atoms with Crippen LogP contribution in [-0.4, -0.2) is 14.9 Å². The van der Waals surface area contributed by atoms with Crippen LogP contribution in [0.4, 0.5) is 11.4 Å². The second-order valence-electron chi connectivity index (χ2n) is 6.77. The van der Waals surface area contributed by atoms with E-state index in [1.54, 1.807) is 6.07 Å². The Labute approximate surface area is 180 Å². The molecule has 0 amide bonds. The number of thiocarbonyl (C=S) groups is 1. The van der Waals surface area contributed by atoms with Gasteiger partial charge in [0.15, 0.2) is 5.11 Å². The molecule has 0 atom stereocenters. The van der Waals surface area contributed by atoms with E-state index in [0.717, 1.165) is 28.3 Å². The van der Waals surface area contributed by atoms with Crippen molar-refractivity contribution in [2.24, 2.45) is 0 Å². The lowest BCUT2D eigenvalue weighted by Gasteiger charge is -2.14. The van der Waals surface area contributed by atoms with E-state index in [4.69, 9.17) is 35.4 Å². The summed E-state index contributed by atoms with van der Waals surface area (Å²) in [7, 11) is 0. The molecule has 0 saturated carbocycles. The Morgan fingerprint density at radius 2 is 1.82 bits per heavy atom. The molecule has 28 heavy (non-hydrogen) atoms. The molecular formula is C21H22Cl2N4S. The summed E-state index contributed by atoms with van der Waals surface area (Å²) >= 11 is 17.8. The summed E-state index contributed by atoms with van der Waals surface area (Å²) in [6, 6.07) is 11.6. The number of hydrogen-bond donors (Lipinski definition) is 2. The predicted molar refractivity (Wildman–Crippen MR) is 123 cm³/mol. The minimum atomic E-state index is 0.531. The standard InChI is InChI=1S/C21H22Cl2N4S/c1-12-6-5-7-19(13(12)2)24-21(28)25-20-14(3)26-27(15(20)4)11-16-8-9-17(22)10-18(16)23/h5-10H,11H2,1-4H3,(H2,24,25,28). The van der Waals surface area contributed by atoms with Crippen LogP contribution in [-0.2, 0) is 6.54 Å². The third-order valence-corrected chi connectivity index (χ3v) is 5.60. The molecule has 7 heteroatoms. The number of aromatic nitrogens is 2. The van der Waals surface area contributed by atoms with E-state index in [2.05, 4.69) is 35.6 Å². The fourth-order valence-corrected chi connectivity index (χ4v) is 3.68. The Hall–Kier alpha value is -2.08. The van der Waals surface area contributed by atoms with Crippen molar-refractivity contribution in [3.05, 3.63) is 74.5 Å². The number of aryl methyl sites for hydroxylation is 2. The normalized spacial score (nSPS) is 10.8. The van der Waals surface area contributed by atoms with Crippen LogP contribution in [0, 0.1) is 27.7 Å². The number of rotatable bonds is 4. The Balaban J connectivity index is 1.78. The van der Waals surface area contributed by atoms with Gasteiger partial charge in [-0.1, -0.05) is 41.4 Å². The summed E-state index contributed by atoms with van der Waals surface area (Å²) in [6.07, 6.45) is 0. The molecule has 0 radical (unpaired) electrons. The molecule has 2 N–H and O–H groups in total. The van der Waals surface area contributed by atoms with E-state index in [1.807, 2.05) is 42.8 Å². The smallest absolute Gasteiger partial charge is 0.175 e. The number of nitrogens with zero attached hydrogens (tertiary/aromatic N) is 2. The number of nitrogens with one attached hydrogen (secondary N) is 2. The van der Waals surface area contributed by atoms with Crippen LogP contribution in [0.25, 0.3) is 0 Å². The van der Waals surface area contributed by atoms with Gasteiger partial charge in [0.05, 0.1) is 23.6 Å². The zero-order valence-corrected chi connectivity index (χ0v) is 18.6. The van der Waals surface area contributed by atoms with E-state index in [-0.39, 0.29) is 0 Å². The molecule has 0 aliphatic heterocycles. The summed E-state index contributed by atoms with van der Waals surface area (Å²) in [4.78, 5) is 0. The highest BCUT2D eigenvalue weighted by Crippen LogP contribution is 2.25. The molecular weight excluding hydrogens is 411 g/mol. The molecule has 0 aliphatic rings. The number of anilines is 2. The van der Waals surface area contributed by atoms with Crippen molar-refractivity contribution < 1.29 is 0 Å². The first-order chi connectivity index (χ1) is 13.3. The predicted octanol–water partition coefficient (Wildman–Crippen LogP) is 6.28. The highest BCUT2D eigenvalue weighted by atomic mass is 35.5. The number of benzene rings is 2. The zero-order valence-electron chi connectivity index (χ0n) is 16.2. The molecule has 0 bridgehead atoms. The van der Waals surface area contributed by atoms with Crippen LogP contribution in [0.2, 0.25) is 10.0 Å². The molecule has 4 nitrogen and oxygen atoms in total. The maximum atomic E-state index is 6.31. The van der Waals surface area contributed by atoms with Gasteiger partial charge in [-0.2, -0.15) is 5.10 Å². The lowest BCUT2D eigenvalue weighted by atomic mass is 10.1. The van der Waals surface area contributed by atoms with Gasteiger partial charge in [-0.25, -0.2) is 0 Å². The van der Waals surface area contributed by atoms with Crippen molar-refractivity contribution in [1.29, 1.82) is 0 Å². The van der Waals surface area contributed by atoms with E-state index in [1.165, 1.54) is 11.1 Å². The molecule has 3 aromatic rings. The molecule has 146 valence electrons. The van der Waals surface area contributed by atoms with Gasteiger partial charge in [0.1, 0.15) is 0 Å². The second-order valence-corrected chi connectivity index (χ2v) is 8.02. The Morgan fingerprint density at radius 3 is 2.54 bits per heavy atom.